The molecule has 0 bridgehead atoms. The first-order chi connectivity index (χ1) is 17.8. The first kappa shape index (κ1) is 27.2. The van der Waals surface area contributed by atoms with E-state index < -0.39 is 6.10 Å². The molecule has 0 aliphatic carbocycles. The van der Waals surface area contributed by atoms with Crippen molar-refractivity contribution in [1.82, 2.24) is 0 Å². The van der Waals surface area contributed by atoms with Gasteiger partial charge in [-0.1, -0.05) is 107 Å². The lowest BCUT2D eigenvalue weighted by Gasteiger charge is -2.19. The zero-order chi connectivity index (χ0) is 25.0. The van der Waals surface area contributed by atoms with Crippen LogP contribution in [-0.2, 0) is 10.9 Å². The standard InChI is InChI=1S/C32H41O2S2/c1-2-3-4-5-6-7-8-9-10-11-16-26(33)25-34-27-21-23-28(24-22-27)36-31-19-14-12-17-29(31)35-30-18-13-15-20-32(30)36/h12-15,17-24,26,33H,2-11,16,25H2,1H3/q+1. The summed E-state index contributed by atoms with van der Waals surface area (Å²) in [6, 6.07) is 26.0. The molecule has 36 heavy (non-hydrogen) atoms. The summed E-state index contributed by atoms with van der Waals surface area (Å²) in [5, 5.41) is 10.4. The van der Waals surface area contributed by atoms with E-state index in [0.717, 1.165) is 18.6 Å². The van der Waals surface area contributed by atoms with Crippen LogP contribution in [0.25, 0.3) is 0 Å². The van der Waals surface area contributed by atoms with Crippen molar-refractivity contribution in [3.8, 4) is 5.75 Å². The van der Waals surface area contributed by atoms with Crippen LogP contribution >= 0.6 is 11.8 Å². The number of fused-ring (bicyclic) bond motifs is 2. The van der Waals surface area contributed by atoms with Gasteiger partial charge >= 0.3 is 0 Å². The molecule has 0 aromatic heterocycles. The van der Waals surface area contributed by atoms with E-state index in [-0.39, 0.29) is 10.9 Å². The van der Waals surface area contributed by atoms with Crippen molar-refractivity contribution >= 4 is 22.7 Å². The molecule has 0 saturated heterocycles. The van der Waals surface area contributed by atoms with E-state index >= 15 is 0 Å². The summed E-state index contributed by atoms with van der Waals surface area (Å²) in [5.41, 5.74) is 0. The van der Waals surface area contributed by atoms with Gasteiger partial charge in [-0.05, 0) is 55.0 Å². The third-order valence-electron chi connectivity index (χ3n) is 6.75. The number of benzene rings is 3. The highest BCUT2D eigenvalue weighted by atomic mass is 32.2. The largest absolute Gasteiger partial charge is 0.491 e. The second-order valence-corrected chi connectivity index (χ2v) is 12.8. The second-order valence-electron chi connectivity index (χ2n) is 9.71. The maximum Gasteiger partial charge on any atom is 0.180 e. The van der Waals surface area contributed by atoms with Gasteiger partial charge in [0.05, 0.1) is 15.9 Å². The van der Waals surface area contributed by atoms with Crippen LogP contribution in [0.4, 0.5) is 0 Å². The summed E-state index contributed by atoms with van der Waals surface area (Å²) in [6.07, 6.45) is 13.6. The molecule has 0 saturated carbocycles. The predicted octanol–water partition coefficient (Wildman–Crippen LogP) is 9.30. The highest BCUT2D eigenvalue weighted by molar-refractivity contribution is 8.04. The third-order valence-corrected chi connectivity index (χ3v) is 10.5. The SMILES string of the molecule is CCCCCCCCCCCCC(O)COc1ccc([S+]2c3ccccc3Sc3ccccc32)cc1. The van der Waals surface area contributed by atoms with E-state index in [1.165, 1.54) is 82.3 Å². The maximum atomic E-state index is 10.4. The minimum Gasteiger partial charge on any atom is -0.491 e. The summed E-state index contributed by atoms with van der Waals surface area (Å²) < 4.78 is 5.94. The molecule has 2 nitrogen and oxygen atoms in total. The van der Waals surface area contributed by atoms with Crippen molar-refractivity contribution in [2.45, 2.75) is 108 Å². The summed E-state index contributed by atoms with van der Waals surface area (Å²) in [7, 11) is -0.115. The van der Waals surface area contributed by atoms with Crippen molar-refractivity contribution in [3.63, 3.8) is 0 Å². The maximum absolute atomic E-state index is 10.4. The van der Waals surface area contributed by atoms with Gasteiger partial charge in [0.15, 0.2) is 14.7 Å². The molecule has 3 aromatic carbocycles. The topological polar surface area (TPSA) is 29.5 Å². The van der Waals surface area contributed by atoms with Crippen LogP contribution in [0.1, 0.15) is 77.6 Å². The second kappa shape index (κ2) is 14.8. The Labute approximate surface area is 225 Å². The van der Waals surface area contributed by atoms with Gasteiger partial charge < -0.3 is 9.84 Å². The number of hydrogen-bond donors (Lipinski definition) is 1. The van der Waals surface area contributed by atoms with E-state index in [2.05, 4.69) is 79.7 Å². The van der Waals surface area contributed by atoms with Crippen molar-refractivity contribution in [2.24, 2.45) is 0 Å². The lowest BCUT2D eigenvalue weighted by atomic mass is 10.0. The monoisotopic (exact) mass is 521 g/mol. The van der Waals surface area contributed by atoms with Gasteiger partial charge in [0.25, 0.3) is 0 Å². The van der Waals surface area contributed by atoms with Crippen LogP contribution in [0.2, 0.25) is 0 Å². The summed E-state index contributed by atoms with van der Waals surface area (Å²) in [4.78, 5) is 6.77. The number of aliphatic hydroxyl groups excluding tert-OH is 1. The smallest absolute Gasteiger partial charge is 0.180 e. The van der Waals surface area contributed by atoms with Crippen LogP contribution in [0.3, 0.4) is 0 Å². The quantitative estimate of drug-likeness (QED) is 0.125. The van der Waals surface area contributed by atoms with E-state index in [4.69, 9.17) is 4.74 Å². The lowest BCUT2D eigenvalue weighted by Crippen LogP contribution is -2.17. The van der Waals surface area contributed by atoms with Gasteiger partial charge in [0, 0.05) is 0 Å². The molecule has 0 fully saturated rings. The fourth-order valence-electron chi connectivity index (χ4n) is 4.71. The average molecular weight is 522 g/mol. The van der Waals surface area contributed by atoms with Crippen molar-refractivity contribution < 1.29 is 9.84 Å². The zero-order valence-electron chi connectivity index (χ0n) is 21.7. The van der Waals surface area contributed by atoms with Crippen molar-refractivity contribution in [3.05, 3.63) is 72.8 Å². The van der Waals surface area contributed by atoms with Crippen LogP contribution in [-0.4, -0.2) is 17.8 Å². The molecule has 0 amide bonds. The third kappa shape index (κ3) is 7.81. The van der Waals surface area contributed by atoms with Crippen LogP contribution < -0.4 is 4.74 Å². The number of ether oxygens (including phenoxy) is 1. The molecule has 1 N–H and O–H groups in total. The van der Waals surface area contributed by atoms with Crippen LogP contribution in [0, 0.1) is 0 Å². The highest BCUT2D eigenvalue weighted by Gasteiger charge is 2.37. The van der Waals surface area contributed by atoms with Crippen molar-refractivity contribution in [2.75, 3.05) is 6.61 Å². The molecule has 192 valence electrons. The van der Waals surface area contributed by atoms with Crippen LogP contribution in [0.5, 0.6) is 5.75 Å². The first-order valence-corrected chi connectivity index (χ1v) is 15.8. The van der Waals surface area contributed by atoms with E-state index in [0.29, 0.717) is 6.61 Å². The molecule has 3 aromatic rings. The lowest BCUT2D eigenvalue weighted by molar-refractivity contribution is 0.0974. The zero-order valence-corrected chi connectivity index (χ0v) is 23.3. The number of rotatable bonds is 15. The Balaban J connectivity index is 1.21. The van der Waals surface area contributed by atoms with Gasteiger partial charge in [-0.2, -0.15) is 0 Å². The normalized spacial score (nSPS) is 13.7. The molecule has 1 atom stereocenters. The predicted molar refractivity (Wildman–Crippen MR) is 154 cm³/mol. The van der Waals surface area contributed by atoms with Crippen LogP contribution in [0.15, 0.2) is 97.3 Å². The van der Waals surface area contributed by atoms with E-state index in [9.17, 15) is 5.11 Å². The van der Waals surface area contributed by atoms with Gasteiger partial charge in [-0.3, -0.25) is 0 Å². The first-order valence-electron chi connectivity index (χ1n) is 13.8. The summed E-state index contributed by atoms with van der Waals surface area (Å²) in [6.45, 7) is 2.64. The average Bonchev–Trinajstić information content (AvgIpc) is 2.92. The Morgan fingerprint density at radius 1 is 0.694 bits per heavy atom. The Kier molecular flexibility index (Phi) is 11.1. The van der Waals surface area contributed by atoms with Gasteiger partial charge in [-0.25, -0.2) is 0 Å². The summed E-state index contributed by atoms with van der Waals surface area (Å²) >= 11 is 1.86. The minimum absolute atomic E-state index is 0.115. The molecule has 4 heteroatoms. The summed E-state index contributed by atoms with van der Waals surface area (Å²) in [5.74, 6) is 0.831. The van der Waals surface area contributed by atoms with Gasteiger partial charge in [0.1, 0.15) is 23.3 Å². The number of hydrogen-bond acceptors (Lipinski definition) is 3. The van der Waals surface area contributed by atoms with E-state index in [1.54, 1.807) is 0 Å². The fourth-order valence-corrected chi connectivity index (χ4v) is 8.45. The Morgan fingerprint density at radius 2 is 1.22 bits per heavy atom. The molecule has 1 unspecified atom stereocenters. The molecule has 0 spiro atoms. The molecule has 1 heterocycles. The highest BCUT2D eigenvalue weighted by Crippen LogP contribution is 2.48. The fraction of sp³-hybridized carbons (Fsp3) is 0.438. The molecule has 1 aliphatic heterocycles. The number of unbranched alkanes of at least 4 members (excludes halogenated alkanes) is 9. The minimum atomic E-state index is -0.394. The molecule has 0 radical (unpaired) electrons. The molecule has 1 aliphatic rings. The number of aliphatic hydroxyl groups is 1. The molecular formula is C32H41O2S2+. The Morgan fingerprint density at radius 3 is 1.81 bits per heavy atom. The molecule has 4 rings (SSSR count). The van der Waals surface area contributed by atoms with E-state index in [1.807, 2.05) is 11.8 Å². The Bertz CT molecular complexity index is 1000. The van der Waals surface area contributed by atoms with Crippen molar-refractivity contribution in [1.29, 1.82) is 0 Å². The van der Waals surface area contributed by atoms with Gasteiger partial charge in [-0.15, -0.1) is 0 Å². The van der Waals surface area contributed by atoms with Gasteiger partial charge in [0.2, 0.25) is 0 Å². The molecular weight excluding hydrogens is 480 g/mol. The Hall–Kier alpha value is -1.88.